The molecule has 1 aliphatic rings. The van der Waals surface area contributed by atoms with Crippen LogP contribution in [-0.2, 0) is 20.7 Å². The summed E-state index contributed by atoms with van der Waals surface area (Å²) in [5.74, 6) is -1.99. The lowest BCUT2D eigenvalue weighted by molar-refractivity contribution is -0.154. The second-order valence-electron chi connectivity index (χ2n) is 3.97. The van der Waals surface area contributed by atoms with Crippen LogP contribution in [0.5, 0.6) is 0 Å². The summed E-state index contributed by atoms with van der Waals surface area (Å²) < 4.78 is 4.56. The van der Waals surface area contributed by atoms with Crippen LogP contribution in [0.1, 0.15) is 22.8 Å². The third kappa shape index (κ3) is 2.25. The number of ether oxygens (including phenoxy) is 1. The number of hydrogen-bond acceptors (Lipinski definition) is 4. The molecule has 0 spiro atoms. The highest BCUT2D eigenvalue weighted by Crippen LogP contribution is 2.21. The predicted molar refractivity (Wildman–Crippen MR) is 63.0 cm³/mol. The number of amides is 1. The molecule has 0 aromatic heterocycles. The number of fused-ring (bicyclic) bond motifs is 1. The van der Waals surface area contributed by atoms with Crippen LogP contribution >= 0.6 is 0 Å². The maximum Gasteiger partial charge on any atom is 0.396 e. The van der Waals surface area contributed by atoms with Crippen molar-refractivity contribution in [3.63, 3.8) is 0 Å². The van der Waals surface area contributed by atoms with Crippen molar-refractivity contribution in [3.05, 3.63) is 35.4 Å². The first-order valence-corrected chi connectivity index (χ1v) is 5.73. The SMILES string of the molecule is CCOC(=O)C(=O)NC1Cc2ccccc2C1=O. The van der Waals surface area contributed by atoms with Gasteiger partial charge >= 0.3 is 11.9 Å². The highest BCUT2D eigenvalue weighted by atomic mass is 16.5. The minimum Gasteiger partial charge on any atom is -0.459 e. The average molecular weight is 247 g/mol. The van der Waals surface area contributed by atoms with Gasteiger partial charge in [-0.05, 0) is 12.5 Å². The van der Waals surface area contributed by atoms with Crippen LogP contribution in [0.25, 0.3) is 0 Å². The number of carbonyl (C=O) groups is 3. The van der Waals surface area contributed by atoms with E-state index >= 15 is 0 Å². The molecular weight excluding hydrogens is 234 g/mol. The highest BCUT2D eigenvalue weighted by Gasteiger charge is 2.32. The van der Waals surface area contributed by atoms with Gasteiger partial charge in [-0.25, -0.2) is 4.79 Å². The largest absolute Gasteiger partial charge is 0.459 e. The van der Waals surface area contributed by atoms with Crippen LogP contribution in [0, 0.1) is 0 Å². The van der Waals surface area contributed by atoms with Crippen LogP contribution < -0.4 is 5.32 Å². The Hall–Kier alpha value is -2.17. The third-order valence-corrected chi connectivity index (χ3v) is 2.79. The van der Waals surface area contributed by atoms with Crippen molar-refractivity contribution >= 4 is 17.7 Å². The Morgan fingerprint density at radius 1 is 1.39 bits per heavy atom. The molecule has 0 heterocycles. The second-order valence-corrected chi connectivity index (χ2v) is 3.97. The van der Waals surface area contributed by atoms with E-state index in [1.807, 2.05) is 12.1 Å². The molecule has 0 bridgehead atoms. The van der Waals surface area contributed by atoms with Crippen molar-refractivity contribution in [1.29, 1.82) is 0 Å². The molecule has 0 saturated carbocycles. The zero-order chi connectivity index (χ0) is 13.1. The molecule has 1 aliphatic carbocycles. The van der Waals surface area contributed by atoms with E-state index in [0.29, 0.717) is 12.0 Å². The number of ketones is 1. The molecule has 5 heteroatoms. The molecule has 0 saturated heterocycles. The third-order valence-electron chi connectivity index (χ3n) is 2.79. The van der Waals surface area contributed by atoms with Gasteiger partial charge in [0.05, 0.1) is 12.6 Å². The van der Waals surface area contributed by atoms with Crippen LogP contribution in [0.4, 0.5) is 0 Å². The van der Waals surface area contributed by atoms with Crippen molar-refractivity contribution in [1.82, 2.24) is 5.32 Å². The second kappa shape index (κ2) is 5.00. The van der Waals surface area contributed by atoms with Crippen molar-refractivity contribution in [2.24, 2.45) is 0 Å². The lowest BCUT2D eigenvalue weighted by Gasteiger charge is -2.09. The molecule has 1 aromatic rings. The van der Waals surface area contributed by atoms with Gasteiger partial charge in [-0.1, -0.05) is 24.3 Å². The predicted octanol–water partition coefficient (Wildman–Crippen LogP) is 0.473. The average Bonchev–Trinajstić information content (AvgIpc) is 2.67. The Kier molecular flexibility index (Phi) is 3.41. The van der Waals surface area contributed by atoms with E-state index in [0.717, 1.165) is 5.56 Å². The fraction of sp³-hybridized carbons (Fsp3) is 0.308. The number of carbonyl (C=O) groups excluding carboxylic acids is 3. The summed E-state index contributed by atoms with van der Waals surface area (Å²) in [7, 11) is 0. The molecule has 0 radical (unpaired) electrons. The molecule has 1 amide bonds. The Labute approximate surface area is 104 Å². The monoisotopic (exact) mass is 247 g/mol. The molecule has 18 heavy (non-hydrogen) atoms. The summed E-state index contributed by atoms with van der Waals surface area (Å²) in [5.41, 5.74) is 1.49. The summed E-state index contributed by atoms with van der Waals surface area (Å²) in [6.45, 7) is 1.74. The van der Waals surface area contributed by atoms with Crippen LogP contribution in [0.2, 0.25) is 0 Å². The number of rotatable bonds is 2. The van der Waals surface area contributed by atoms with Crippen molar-refractivity contribution in [3.8, 4) is 0 Å². The number of nitrogens with one attached hydrogen (secondary N) is 1. The Morgan fingerprint density at radius 3 is 2.78 bits per heavy atom. The van der Waals surface area contributed by atoms with Crippen LogP contribution in [-0.4, -0.2) is 30.3 Å². The first-order valence-electron chi connectivity index (χ1n) is 5.73. The van der Waals surface area contributed by atoms with E-state index in [-0.39, 0.29) is 12.4 Å². The van der Waals surface area contributed by atoms with Gasteiger partial charge in [-0.3, -0.25) is 9.59 Å². The molecule has 1 aromatic carbocycles. The topological polar surface area (TPSA) is 72.5 Å². The number of Topliss-reactive ketones (excluding diaryl/α,β-unsaturated/α-hetero) is 1. The van der Waals surface area contributed by atoms with Crippen LogP contribution in [0.15, 0.2) is 24.3 Å². The fourth-order valence-corrected chi connectivity index (χ4v) is 1.97. The van der Waals surface area contributed by atoms with Crippen molar-refractivity contribution in [2.45, 2.75) is 19.4 Å². The van der Waals surface area contributed by atoms with Gasteiger partial charge in [0.2, 0.25) is 0 Å². The van der Waals surface area contributed by atoms with Crippen molar-refractivity contribution < 1.29 is 19.1 Å². The van der Waals surface area contributed by atoms with Gasteiger partial charge in [0, 0.05) is 12.0 Å². The number of esters is 1. The van der Waals surface area contributed by atoms with E-state index in [2.05, 4.69) is 10.1 Å². The van der Waals surface area contributed by atoms with E-state index in [1.165, 1.54) is 0 Å². The minimum absolute atomic E-state index is 0.130. The molecule has 5 nitrogen and oxygen atoms in total. The molecular formula is C13H13NO4. The molecule has 1 N–H and O–H groups in total. The van der Waals surface area contributed by atoms with Gasteiger partial charge < -0.3 is 10.1 Å². The molecule has 94 valence electrons. The fourth-order valence-electron chi connectivity index (χ4n) is 1.97. The molecule has 1 unspecified atom stereocenters. The quantitative estimate of drug-likeness (QED) is 0.609. The van der Waals surface area contributed by atoms with Gasteiger partial charge in [0.1, 0.15) is 0 Å². The van der Waals surface area contributed by atoms with Gasteiger partial charge in [-0.2, -0.15) is 0 Å². The lowest BCUT2D eigenvalue weighted by Crippen LogP contribution is -2.43. The molecule has 0 fully saturated rings. The minimum atomic E-state index is -0.957. The van der Waals surface area contributed by atoms with Gasteiger partial charge in [0.25, 0.3) is 0 Å². The number of hydrogen-bond donors (Lipinski definition) is 1. The molecule has 1 atom stereocenters. The Morgan fingerprint density at radius 2 is 2.11 bits per heavy atom. The zero-order valence-corrected chi connectivity index (χ0v) is 9.93. The van der Waals surface area contributed by atoms with Gasteiger partial charge in [-0.15, -0.1) is 0 Å². The lowest BCUT2D eigenvalue weighted by atomic mass is 10.1. The molecule has 2 rings (SSSR count). The van der Waals surface area contributed by atoms with E-state index in [9.17, 15) is 14.4 Å². The summed E-state index contributed by atoms with van der Waals surface area (Å²) in [6, 6.07) is 6.49. The standard InChI is InChI=1S/C13H13NO4/c1-2-18-13(17)12(16)14-10-7-8-5-3-4-6-9(8)11(10)15/h3-6,10H,2,7H2,1H3,(H,14,16). The summed E-state index contributed by atoms with van der Waals surface area (Å²) in [5, 5.41) is 2.40. The summed E-state index contributed by atoms with van der Waals surface area (Å²) >= 11 is 0. The number of benzene rings is 1. The normalized spacial score (nSPS) is 17.2. The molecule has 0 aliphatic heterocycles. The Balaban J connectivity index is 2.04. The first kappa shape index (κ1) is 12.3. The zero-order valence-electron chi connectivity index (χ0n) is 9.93. The maximum atomic E-state index is 11.9. The summed E-state index contributed by atoms with van der Waals surface area (Å²) in [6.07, 6.45) is 0.417. The maximum absolute atomic E-state index is 11.9. The Bertz CT molecular complexity index is 509. The first-order chi connectivity index (χ1) is 8.63. The summed E-state index contributed by atoms with van der Waals surface area (Å²) in [4.78, 5) is 34.6. The van der Waals surface area contributed by atoms with Crippen molar-refractivity contribution in [2.75, 3.05) is 6.61 Å². The van der Waals surface area contributed by atoms with E-state index < -0.39 is 17.9 Å². The van der Waals surface area contributed by atoms with Gasteiger partial charge in [0.15, 0.2) is 5.78 Å². The van der Waals surface area contributed by atoms with E-state index in [4.69, 9.17) is 0 Å². The highest BCUT2D eigenvalue weighted by molar-refractivity contribution is 6.33. The van der Waals surface area contributed by atoms with E-state index in [1.54, 1.807) is 19.1 Å². The smallest absolute Gasteiger partial charge is 0.396 e. The van der Waals surface area contributed by atoms with Crippen LogP contribution in [0.3, 0.4) is 0 Å².